The van der Waals surface area contributed by atoms with Crippen LogP contribution < -0.4 is 0 Å². The van der Waals surface area contributed by atoms with Crippen molar-refractivity contribution in [2.24, 2.45) is 0 Å². The van der Waals surface area contributed by atoms with E-state index < -0.39 is 0 Å². The van der Waals surface area contributed by atoms with Gasteiger partial charge in [-0.15, -0.1) is 0 Å². The molecular weight excluding hydrogens is 512 g/mol. The second kappa shape index (κ2) is 9.24. The van der Waals surface area contributed by atoms with Crippen molar-refractivity contribution < 1.29 is 0 Å². The number of para-hydroxylation sites is 3. The highest BCUT2D eigenvalue weighted by Gasteiger charge is 2.15. The minimum Gasteiger partial charge on any atom is -0.309 e. The van der Waals surface area contributed by atoms with E-state index in [9.17, 15) is 10.5 Å². The third kappa shape index (κ3) is 3.53. The molecule has 8 aromatic rings. The van der Waals surface area contributed by atoms with E-state index in [0.717, 1.165) is 44.3 Å². The first-order valence-electron chi connectivity index (χ1n) is 13.8. The first-order chi connectivity index (χ1) is 20.7. The van der Waals surface area contributed by atoms with Crippen molar-refractivity contribution in [1.82, 2.24) is 9.13 Å². The normalized spacial score (nSPS) is 11.3. The Kier molecular flexibility index (Phi) is 5.22. The van der Waals surface area contributed by atoms with Gasteiger partial charge in [0.2, 0.25) is 0 Å². The maximum absolute atomic E-state index is 10.00. The van der Waals surface area contributed by atoms with E-state index in [1.165, 1.54) is 21.8 Å². The van der Waals surface area contributed by atoms with Crippen molar-refractivity contribution in [2.45, 2.75) is 0 Å². The van der Waals surface area contributed by atoms with Crippen molar-refractivity contribution in [1.29, 1.82) is 10.5 Å². The van der Waals surface area contributed by atoms with Gasteiger partial charge in [0, 0.05) is 32.9 Å². The predicted octanol–water partition coefficient (Wildman–Crippen LogP) is 9.29. The molecule has 2 heterocycles. The number of nitriles is 2. The summed E-state index contributed by atoms with van der Waals surface area (Å²) in [6.45, 7) is 0. The molecule has 6 aromatic carbocycles. The minimum atomic E-state index is 0.591. The van der Waals surface area contributed by atoms with Crippen LogP contribution in [0.3, 0.4) is 0 Å². The van der Waals surface area contributed by atoms with Crippen LogP contribution in [0.1, 0.15) is 11.1 Å². The van der Waals surface area contributed by atoms with Gasteiger partial charge in [0.1, 0.15) is 0 Å². The molecule has 0 spiro atoms. The summed E-state index contributed by atoms with van der Waals surface area (Å²) in [6, 6.07) is 50.2. The zero-order valence-electron chi connectivity index (χ0n) is 22.5. The molecule has 0 aliphatic rings. The SMILES string of the molecule is N#Cc1cc(-c2ccc(-n3c4ccccc4c4ccccc43)cc2)cc(-n2c3ccccc3c3cc(C#N)ccc32)c1. The van der Waals surface area contributed by atoms with Gasteiger partial charge in [0.05, 0.1) is 45.3 Å². The summed E-state index contributed by atoms with van der Waals surface area (Å²) in [4.78, 5) is 0. The number of rotatable bonds is 3. The first kappa shape index (κ1) is 23.8. The molecule has 0 saturated carbocycles. The third-order valence-corrected chi connectivity index (χ3v) is 8.15. The molecule has 0 amide bonds. The Morgan fingerprint density at radius 3 is 1.50 bits per heavy atom. The highest BCUT2D eigenvalue weighted by atomic mass is 15.0. The Balaban J connectivity index is 1.29. The third-order valence-electron chi connectivity index (χ3n) is 8.15. The molecule has 4 nitrogen and oxygen atoms in total. The number of hydrogen-bond acceptors (Lipinski definition) is 2. The van der Waals surface area contributed by atoms with Crippen LogP contribution in [0.4, 0.5) is 0 Å². The Labute approximate surface area is 242 Å². The van der Waals surface area contributed by atoms with E-state index in [-0.39, 0.29) is 0 Å². The summed E-state index contributed by atoms with van der Waals surface area (Å²) in [5.74, 6) is 0. The van der Waals surface area contributed by atoms with Crippen LogP contribution >= 0.6 is 0 Å². The summed E-state index contributed by atoms with van der Waals surface area (Å²) >= 11 is 0. The second-order valence-corrected chi connectivity index (χ2v) is 10.5. The van der Waals surface area contributed by atoms with Crippen molar-refractivity contribution in [3.05, 3.63) is 145 Å². The molecule has 2 aromatic heterocycles. The molecule has 42 heavy (non-hydrogen) atoms. The van der Waals surface area contributed by atoms with Crippen LogP contribution in [-0.2, 0) is 0 Å². The largest absolute Gasteiger partial charge is 0.309 e. The standard InChI is InChI=1S/C38H22N4/c39-23-25-13-18-38-34(21-25)33-9-3-6-12-37(33)42(38)30-20-26(24-40)19-28(22-30)27-14-16-29(17-15-27)41-35-10-4-1-7-31(35)32-8-2-5-11-36(32)41/h1-22H. The maximum atomic E-state index is 10.00. The monoisotopic (exact) mass is 534 g/mol. The summed E-state index contributed by atoms with van der Waals surface area (Å²) < 4.78 is 4.49. The van der Waals surface area contributed by atoms with Crippen molar-refractivity contribution in [3.63, 3.8) is 0 Å². The fourth-order valence-corrected chi connectivity index (χ4v) is 6.30. The number of hydrogen-bond donors (Lipinski definition) is 0. The molecule has 0 atom stereocenters. The van der Waals surface area contributed by atoms with E-state index in [4.69, 9.17) is 0 Å². The lowest BCUT2D eigenvalue weighted by Crippen LogP contribution is -1.96. The molecular formula is C38H22N4. The van der Waals surface area contributed by atoms with Crippen LogP contribution in [0.25, 0.3) is 66.1 Å². The van der Waals surface area contributed by atoms with Gasteiger partial charge in [-0.05, 0) is 77.9 Å². The zero-order chi connectivity index (χ0) is 28.2. The highest BCUT2D eigenvalue weighted by molar-refractivity contribution is 6.10. The Hall–Kier alpha value is -6.10. The van der Waals surface area contributed by atoms with Gasteiger partial charge >= 0.3 is 0 Å². The molecule has 8 rings (SSSR count). The molecule has 0 fully saturated rings. The molecule has 194 valence electrons. The quantitative estimate of drug-likeness (QED) is 0.227. The van der Waals surface area contributed by atoms with Gasteiger partial charge in [-0.3, -0.25) is 0 Å². The Morgan fingerprint density at radius 1 is 0.381 bits per heavy atom. The molecule has 0 aliphatic carbocycles. The van der Waals surface area contributed by atoms with E-state index in [2.05, 4.69) is 112 Å². The zero-order valence-corrected chi connectivity index (χ0v) is 22.5. The second-order valence-electron chi connectivity index (χ2n) is 10.5. The summed E-state index contributed by atoms with van der Waals surface area (Å²) in [7, 11) is 0. The van der Waals surface area contributed by atoms with Crippen molar-refractivity contribution >= 4 is 43.6 Å². The number of aromatic nitrogens is 2. The first-order valence-corrected chi connectivity index (χ1v) is 13.8. The fraction of sp³-hybridized carbons (Fsp3) is 0. The van der Waals surface area contributed by atoms with Gasteiger partial charge in [-0.2, -0.15) is 10.5 Å². The predicted molar refractivity (Wildman–Crippen MR) is 170 cm³/mol. The van der Waals surface area contributed by atoms with Gasteiger partial charge in [-0.1, -0.05) is 66.7 Å². The van der Waals surface area contributed by atoms with E-state index in [1.54, 1.807) is 0 Å². The van der Waals surface area contributed by atoms with Crippen molar-refractivity contribution in [2.75, 3.05) is 0 Å². The van der Waals surface area contributed by atoms with E-state index in [1.807, 2.05) is 42.5 Å². The van der Waals surface area contributed by atoms with E-state index in [0.29, 0.717) is 11.1 Å². The lowest BCUT2D eigenvalue weighted by atomic mass is 10.0. The average Bonchev–Trinajstić information content (AvgIpc) is 3.57. The average molecular weight is 535 g/mol. The van der Waals surface area contributed by atoms with Crippen molar-refractivity contribution in [3.8, 4) is 34.6 Å². The van der Waals surface area contributed by atoms with Crippen LogP contribution in [0.2, 0.25) is 0 Å². The Morgan fingerprint density at radius 2 is 0.905 bits per heavy atom. The van der Waals surface area contributed by atoms with Crippen LogP contribution in [0.15, 0.2) is 133 Å². The van der Waals surface area contributed by atoms with Crippen LogP contribution in [0, 0.1) is 22.7 Å². The molecule has 0 saturated heterocycles. The molecule has 0 N–H and O–H groups in total. The minimum absolute atomic E-state index is 0.591. The van der Waals surface area contributed by atoms with Gasteiger partial charge in [0.15, 0.2) is 0 Å². The van der Waals surface area contributed by atoms with E-state index >= 15 is 0 Å². The van der Waals surface area contributed by atoms with Gasteiger partial charge in [0.25, 0.3) is 0 Å². The molecule has 0 unspecified atom stereocenters. The number of benzene rings is 6. The maximum Gasteiger partial charge on any atom is 0.0992 e. The van der Waals surface area contributed by atoms with Crippen LogP contribution in [0.5, 0.6) is 0 Å². The van der Waals surface area contributed by atoms with Crippen LogP contribution in [-0.4, -0.2) is 9.13 Å². The molecule has 0 bridgehead atoms. The van der Waals surface area contributed by atoms with Gasteiger partial charge in [-0.25, -0.2) is 0 Å². The van der Waals surface area contributed by atoms with Gasteiger partial charge < -0.3 is 9.13 Å². The highest BCUT2D eigenvalue weighted by Crippen LogP contribution is 2.36. The Bertz CT molecular complexity index is 2370. The lowest BCUT2D eigenvalue weighted by molar-refractivity contribution is 1.17. The molecule has 0 radical (unpaired) electrons. The lowest BCUT2D eigenvalue weighted by Gasteiger charge is -2.13. The number of nitrogens with zero attached hydrogens (tertiary/aromatic N) is 4. The summed E-state index contributed by atoms with van der Waals surface area (Å²) in [5.41, 5.74) is 9.59. The molecule has 0 aliphatic heterocycles. The smallest absolute Gasteiger partial charge is 0.0992 e. The topological polar surface area (TPSA) is 57.4 Å². The fourth-order valence-electron chi connectivity index (χ4n) is 6.30. The number of fused-ring (bicyclic) bond motifs is 6. The summed E-state index contributed by atoms with van der Waals surface area (Å²) in [6.07, 6.45) is 0. The summed E-state index contributed by atoms with van der Waals surface area (Å²) in [5, 5.41) is 24.1. The molecule has 4 heteroatoms.